The number of amides is 1. The van der Waals surface area contributed by atoms with E-state index in [1.807, 2.05) is 91.0 Å². The normalized spacial score (nSPS) is 24.6. The summed E-state index contributed by atoms with van der Waals surface area (Å²) in [7, 11) is 1.26. The molecule has 3 aromatic carbocycles. The van der Waals surface area contributed by atoms with Crippen LogP contribution in [0.2, 0.25) is 0 Å². The Morgan fingerprint density at radius 3 is 2.15 bits per heavy atom. The van der Waals surface area contributed by atoms with E-state index in [2.05, 4.69) is 20.3 Å². The smallest absolute Gasteiger partial charge is 0.325 e. The van der Waals surface area contributed by atoms with Gasteiger partial charge in [-0.25, -0.2) is 9.97 Å². The zero-order valence-electron chi connectivity index (χ0n) is 28.7. The molecule has 3 N–H and O–H groups in total. The van der Waals surface area contributed by atoms with E-state index in [9.17, 15) is 9.59 Å². The highest BCUT2D eigenvalue weighted by Gasteiger charge is 2.68. The molecule has 5 aromatic rings. The molecule has 2 saturated heterocycles. The summed E-state index contributed by atoms with van der Waals surface area (Å²) < 4.78 is 40.9. The highest BCUT2D eigenvalue weighted by atomic mass is 16.7. The van der Waals surface area contributed by atoms with Crippen LogP contribution in [0.1, 0.15) is 29.8 Å². The van der Waals surface area contributed by atoms with Gasteiger partial charge in [0.15, 0.2) is 17.5 Å². The van der Waals surface area contributed by atoms with Crippen molar-refractivity contribution in [3.63, 3.8) is 0 Å². The minimum Gasteiger partial charge on any atom is -0.468 e. The Morgan fingerprint density at radius 2 is 1.54 bits per heavy atom. The predicted molar refractivity (Wildman–Crippen MR) is 187 cm³/mol. The van der Waals surface area contributed by atoms with Crippen LogP contribution >= 0.6 is 0 Å². The van der Waals surface area contributed by atoms with E-state index in [4.69, 9.17) is 34.2 Å². The molecule has 0 radical (unpaired) electrons. The van der Waals surface area contributed by atoms with E-state index in [1.165, 1.54) is 26.6 Å². The van der Waals surface area contributed by atoms with Crippen LogP contribution in [0.5, 0.6) is 0 Å². The number of benzene rings is 3. The van der Waals surface area contributed by atoms with Crippen molar-refractivity contribution in [2.24, 2.45) is 5.73 Å². The third-order valence-corrected chi connectivity index (χ3v) is 9.28. The van der Waals surface area contributed by atoms with Gasteiger partial charge in [-0.2, -0.15) is 4.98 Å². The lowest BCUT2D eigenvalue weighted by atomic mass is 9.78. The second kappa shape index (κ2) is 15.7. The molecule has 4 heterocycles. The van der Waals surface area contributed by atoms with Gasteiger partial charge in [0.25, 0.3) is 0 Å². The number of fused-ring (bicyclic) bond motifs is 2. The molecule has 3 unspecified atom stereocenters. The summed E-state index contributed by atoms with van der Waals surface area (Å²) in [6.45, 7) is 1.98. The van der Waals surface area contributed by atoms with E-state index in [1.54, 1.807) is 4.57 Å². The summed E-state index contributed by atoms with van der Waals surface area (Å²) in [4.78, 5) is 38.5. The fourth-order valence-electron chi connectivity index (χ4n) is 6.81. The first-order valence-electron chi connectivity index (χ1n) is 16.9. The fraction of sp³-hybridized carbons (Fsp3) is 0.342. The largest absolute Gasteiger partial charge is 0.468 e. The minimum atomic E-state index is -1.43. The van der Waals surface area contributed by atoms with Crippen LogP contribution in [0.15, 0.2) is 104 Å². The van der Waals surface area contributed by atoms with Gasteiger partial charge in [-0.05, 0) is 16.7 Å². The molecule has 2 aliphatic rings. The lowest BCUT2D eigenvalue weighted by Gasteiger charge is -2.53. The van der Waals surface area contributed by atoms with Gasteiger partial charge in [-0.3, -0.25) is 19.5 Å². The second-order valence-corrected chi connectivity index (χ2v) is 12.7. The molecule has 52 heavy (non-hydrogen) atoms. The molecule has 0 bridgehead atoms. The van der Waals surface area contributed by atoms with Crippen molar-refractivity contribution >= 4 is 29.0 Å². The molecule has 2 aromatic heterocycles. The number of anilines is 1. The number of ether oxygens (including phenoxy) is 6. The van der Waals surface area contributed by atoms with Crippen molar-refractivity contribution in [3.8, 4) is 0 Å². The van der Waals surface area contributed by atoms with Crippen molar-refractivity contribution in [2.75, 3.05) is 19.0 Å². The molecule has 14 nitrogen and oxygen atoms in total. The average Bonchev–Trinajstić information content (AvgIpc) is 3.77. The second-order valence-electron chi connectivity index (χ2n) is 12.7. The van der Waals surface area contributed by atoms with Crippen molar-refractivity contribution in [2.45, 2.75) is 69.0 Å². The maximum Gasteiger partial charge on any atom is 0.325 e. The standard InChI is InChI=1S/C38H40N6O8/c1-24(45)42-37-40-18-28-34(43-37)44(23-41-28)35-33-38(51-21-27-16-10-5-11-17-27,29(22-50-33)48-19-25-12-6-3-7-13-25)32(31(52-35)30(39)36(46)47-2)49-20-26-14-8-4-9-15-26/h3-18,23,29-33,35H,19-22,39H2,1-2H3,(H,40,42,43,45)/t29-,30-,31?,32+,33?,35+,38?/m0/s1. The SMILES string of the molecule is COC(=O)[C@@H](N)C1O[C@@H](n2cnc3cnc(NC(C)=O)nc32)C2OC[C@H](OCc3ccccc3)C2(OCc2ccccc2)[C@@H]1OCc1ccccc1. The van der Waals surface area contributed by atoms with Gasteiger partial charge in [0.05, 0.1) is 46.1 Å². The van der Waals surface area contributed by atoms with Crippen LogP contribution in [0.4, 0.5) is 5.95 Å². The number of carbonyl (C=O) groups excluding carboxylic acids is 2. The van der Waals surface area contributed by atoms with Crippen LogP contribution in [-0.4, -0.2) is 81.2 Å². The molecule has 0 saturated carbocycles. The van der Waals surface area contributed by atoms with Crippen LogP contribution in [0.25, 0.3) is 11.2 Å². The first-order chi connectivity index (χ1) is 25.4. The Labute approximate surface area is 300 Å². The third-order valence-electron chi connectivity index (χ3n) is 9.28. The van der Waals surface area contributed by atoms with Crippen LogP contribution in [0, 0.1) is 0 Å². The van der Waals surface area contributed by atoms with Crippen molar-refractivity contribution in [1.29, 1.82) is 0 Å². The maximum atomic E-state index is 13.3. The van der Waals surface area contributed by atoms with Gasteiger partial charge >= 0.3 is 5.97 Å². The summed E-state index contributed by atoms with van der Waals surface area (Å²) in [6, 6.07) is 27.8. The Hall–Kier alpha value is -5.09. The van der Waals surface area contributed by atoms with Crippen molar-refractivity contribution < 1.29 is 38.0 Å². The number of hydrogen-bond acceptors (Lipinski definition) is 12. The predicted octanol–water partition coefficient (Wildman–Crippen LogP) is 3.71. The molecular formula is C38H40N6O8. The quantitative estimate of drug-likeness (QED) is 0.170. The first kappa shape index (κ1) is 35.3. The maximum absolute atomic E-state index is 13.3. The minimum absolute atomic E-state index is 0.0763. The summed E-state index contributed by atoms with van der Waals surface area (Å²) >= 11 is 0. The molecule has 7 rings (SSSR count). The number of hydrogen-bond donors (Lipinski definition) is 2. The molecular weight excluding hydrogens is 668 g/mol. The van der Waals surface area contributed by atoms with E-state index < -0.39 is 48.3 Å². The number of rotatable bonds is 13. The topological polar surface area (TPSA) is 171 Å². The lowest BCUT2D eigenvalue weighted by Crippen LogP contribution is -2.72. The highest BCUT2D eigenvalue weighted by molar-refractivity contribution is 5.87. The summed E-state index contributed by atoms with van der Waals surface area (Å²) in [6.07, 6.45) is -1.80. The zero-order chi connectivity index (χ0) is 36.1. The van der Waals surface area contributed by atoms with Crippen LogP contribution in [0.3, 0.4) is 0 Å². The molecule has 0 spiro atoms. The number of aromatic nitrogens is 4. The number of methoxy groups -OCH3 is 1. The molecule has 14 heteroatoms. The first-order valence-corrected chi connectivity index (χ1v) is 16.9. The Morgan fingerprint density at radius 1 is 0.923 bits per heavy atom. The fourth-order valence-corrected chi connectivity index (χ4v) is 6.81. The summed E-state index contributed by atoms with van der Waals surface area (Å²) in [5.41, 5.74) is 8.78. The molecule has 270 valence electrons. The van der Waals surface area contributed by atoms with Crippen LogP contribution < -0.4 is 11.1 Å². The molecule has 1 amide bonds. The highest BCUT2D eigenvalue weighted by Crippen LogP contribution is 2.50. The van der Waals surface area contributed by atoms with Gasteiger partial charge in [0.2, 0.25) is 11.9 Å². The summed E-state index contributed by atoms with van der Waals surface area (Å²) in [5.74, 6) is -0.972. The van der Waals surface area contributed by atoms with E-state index in [0.29, 0.717) is 11.2 Å². The van der Waals surface area contributed by atoms with Gasteiger partial charge < -0.3 is 34.2 Å². The Kier molecular flexibility index (Phi) is 10.6. The van der Waals surface area contributed by atoms with Crippen molar-refractivity contribution in [3.05, 3.63) is 120 Å². The van der Waals surface area contributed by atoms with Gasteiger partial charge in [-0.15, -0.1) is 0 Å². The Balaban J connectivity index is 1.38. The third kappa shape index (κ3) is 7.17. The van der Waals surface area contributed by atoms with Gasteiger partial charge in [-0.1, -0.05) is 91.0 Å². The lowest BCUT2D eigenvalue weighted by molar-refractivity contribution is -0.316. The average molecular weight is 709 g/mol. The summed E-state index contributed by atoms with van der Waals surface area (Å²) in [5, 5.41) is 2.62. The molecule has 2 fully saturated rings. The van der Waals surface area contributed by atoms with Crippen LogP contribution in [-0.2, 0) is 57.8 Å². The van der Waals surface area contributed by atoms with Gasteiger partial charge in [0.1, 0.15) is 36.0 Å². The van der Waals surface area contributed by atoms with Crippen molar-refractivity contribution in [1.82, 2.24) is 19.5 Å². The number of imidazole rings is 1. The number of esters is 1. The van der Waals surface area contributed by atoms with E-state index >= 15 is 0 Å². The number of nitrogens with two attached hydrogens (primary N) is 1. The van der Waals surface area contributed by atoms with E-state index in [0.717, 1.165) is 16.7 Å². The monoisotopic (exact) mass is 708 g/mol. The van der Waals surface area contributed by atoms with E-state index in [-0.39, 0.29) is 38.3 Å². The molecule has 7 atom stereocenters. The number of nitrogens with zero attached hydrogens (tertiary/aromatic N) is 4. The Bertz CT molecular complexity index is 1970. The zero-order valence-corrected chi connectivity index (χ0v) is 28.7. The van der Waals surface area contributed by atoms with Gasteiger partial charge in [0, 0.05) is 6.92 Å². The molecule has 2 aliphatic heterocycles. The number of nitrogens with one attached hydrogen (secondary N) is 1. The number of carbonyl (C=O) groups is 2. The molecule has 0 aliphatic carbocycles.